The summed E-state index contributed by atoms with van der Waals surface area (Å²) in [5.74, 6) is -0.713. The molecular weight excluding hydrogens is 346 g/mol. The van der Waals surface area contributed by atoms with Crippen molar-refractivity contribution in [3.8, 4) is 11.5 Å². The molecule has 0 aromatic heterocycles. The largest absolute Gasteiger partial charge is 0.493 e. The van der Waals surface area contributed by atoms with Crippen LogP contribution in [-0.2, 0) is 9.59 Å². The third-order valence-corrected chi connectivity index (χ3v) is 4.50. The molecule has 1 aliphatic heterocycles. The van der Waals surface area contributed by atoms with Crippen molar-refractivity contribution in [1.82, 2.24) is 10.7 Å². The van der Waals surface area contributed by atoms with Crippen LogP contribution in [0, 0.1) is 5.92 Å². The first-order chi connectivity index (χ1) is 13.2. The van der Waals surface area contributed by atoms with Gasteiger partial charge in [0.15, 0.2) is 11.5 Å². The van der Waals surface area contributed by atoms with Gasteiger partial charge in [-0.2, -0.15) is 5.10 Å². The molecule has 0 radical (unpaired) electrons. The number of hydrazone groups is 1. The molecule has 1 saturated heterocycles. The number of carbonyl (C=O) groups is 2. The molecule has 1 fully saturated rings. The number of benzene rings is 2. The van der Waals surface area contributed by atoms with Crippen LogP contribution in [0.5, 0.6) is 11.5 Å². The van der Waals surface area contributed by atoms with E-state index in [0.717, 1.165) is 5.56 Å². The molecule has 0 unspecified atom stereocenters. The molecule has 2 aromatic rings. The number of para-hydroxylation sites is 1. The first-order valence-electron chi connectivity index (χ1n) is 8.52. The number of nitrogens with one attached hydrogen (secondary N) is 2. The minimum absolute atomic E-state index is 0.222. The number of nitrogens with zero attached hydrogens (tertiary/aromatic N) is 1. The molecule has 2 amide bonds. The first kappa shape index (κ1) is 18.4. The number of amides is 2. The van der Waals surface area contributed by atoms with Crippen LogP contribution in [0.15, 0.2) is 53.6 Å². The van der Waals surface area contributed by atoms with E-state index >= 15 is 0 Å². The zero-order chi connectivity index (χ0) is 19.2. The van der Waals surface area contributed by atoms with Crippen LogP contribution in [-0.4, -0.2) is 38.8 Å². The molecule has 140 valence electrons. The second kappa shape index (κ2) is 8.35. The van der Waals surface area contributed by atoms with Crippen molar-refractivity contribution in [1.29, 1.82) is 0 Å². The number of ether oxygens (including phenoxy) is 2. The van der Waals surface area contributed by atoms with Crippen molar-refractivity contribution >= 4 is 18.0 Å². The molecule has 1 heterocycles. The van der Waals surface area contributed by atoms with E-state index in [1.165, 1.54) is 13.3 Å². The summed E-state index contributed by atoms with van der Waals surface area (Å²) in [7, 11) is 3.07. The number of carbonyl (C=O) groups excluding carboxylic acids is 2. The Balaban J connectivity index is 1.73. The summed E-state index contributed by atoms with van der Waals surface area (Å²) >= 11 is 0. The van der Waals surface area contributed by atoms with E-state index in [9.17, 15) is 9.59 Å². The van der Waals surface area contributed by atoms with E-state index in [-0.39, 0.29) is 11.8 Å². The SMILES string of the molecule is COc1cccc(/C=N/NC(=O)[C@@H]2C(=O)NC[C@H]2c2ccccc2)c1OC. The lowest BCUT2D eigenvalue weighted by molar-refractivity contribution is -0.133. The van der Waals surface area contributed by atoms with Gasteiger partial charge < -0.3 is 14.8 Å². The average Bonchev–Trinajstić information content (AvgIpc) is 3.09. The van der Waals surface area contributed by atoms with Gasteiger partial charge in [-0.1, -0.05) is 36.4 Å². The van der Waals surface area contributed by atoms with E-state index in [2.05, 4.69) is 15.8 Å². The van der Waals surface area contributed by atoms with Crippen LogP contribution < -0.4 is 20.2 Å². The summed E-state index contributed by atoms with van der Waals surface area (Å²) in [5.41, 5.74) is 4.05. The van der Waals surface area contributed by atoms with Gasteiger partial charge in [-0.25, -0.2) is 5.43 Å². The van der Waals surface area contributed by atoms with Crippen LogP contribution in [0.3, 0.4) is 0 Å². The van der Waals surface area contributed by atoms with Gasteiger partial charge in [0.25, 0.3) is 5.91 Å². The van der Waals surface area contributed by atoms with Crippen LogP contribution in [0.1, 0.15) is 17.0 Å². The van der Waals surface area contributed by atoms with E-state index < -0.39 is 11.8 Å². The van der Waals surface area contributed by atoms with Crippen molar-refractivity contribution in [2.45, 2.75) is 5.92 Å². The van der Waals surface area contributed by atoms with Gasteiger partial charge in [0.05, 0.1) is 20.4 Å². The minimum atomic E-state index is -0.822. The Morgan fingerprint density at radius 2 is 1.93 bits per heavy atom. The number of hydrogen-bond donors (Lipinski definition) is 2. The van der Waals surface area contributed by atoms with Crippen LogP contribution >= 0.6 is 0 Å². The third-order valence-electron chi connectivity index (χ3n) is 4.50. The Bertz CT molecular complexity index is 852. The summed E-state index contributed by atoms with van der Waals surface area (Å²) in [6, 6.07) is 14.8. The average molecular weight is 367 g/mol. The van der Waals surface area contributed by atoms with Crippen LogP contribution in [0.2, 0.25) is 0 Å². The van der Waals surface area contributed by atoms with Gasteiger partial charge in [0, 0.05) is 18.0 Å². The van der Waals surface area contributed by atoms with Gasteiger partial charge in [-0.05, 0) is 17.7 Å². The van der Waals surface area contributed by atoms with Crippen molar-refractivity contribution in [2.75, 3.05) is 20.8 Å². The summed E-state index contributed by atoms with van der Waals surface area (Å²) < 4.78 is 10.6. The molecule has 7 nitrogen and oxygen atoms in total. The van der Waals surface area contributed by atoms with Gasteiger partial charge in [-0.15, -0.1) is 0 Å². The zero-order valence-electron chi connectivity index (χ0n) is 15.1. The third kappa shape index (κ3) is 3.92. The molecule has 0 aliphatic carbocycles. The Labute approximate surface area is 157 Å². The van der Waals surface area contributed by atoms with Crippen LogP contribution in [0.25, 0.3) is 0 Å². The Morgan fingerprint density at radius 3 is 2.63 bits per heavy atom. The molecule has 7 heteroatoms. The van der Waals surface area contributed by atoms with E-state index in [1.807, 2.05) is 30.3 Å². The molecule has 0 bridgehead atoms. The lowest BCUT2D eigenvalue weighted by atomic mass is 9.88. The fourth-order valence-corrected chi connectivity index (χ4v) is 3.18. The van der Waals surface area contributed by atoms with Crippen LogP contribution in [0.4, 0.5) is 0 Å². The highest BCUT2D eigenvalue weighted by Gasteiger charge is 2.40. The summed E-state index contributed by atoms with van der Waals surface area (Å²) in [4.78, 5) is 24.7. The van der Waals surface area contributed by atoms with Gasteiger partial charge in [0.2, 0.25) is 5.91 Å². The second-order valence-electron chi connectivity index (χ2n) is 6.06. The standard InChI is InChI=1S/C20H21N3O4/c1-26-16-10-6-9-14(18(16)27-2)11-22-23-20(25)17-15(12-21-19(17)24)13-7-4-3-5-8-13/h3-11,15,17H,12H2,1-2H3,(H,21,24)(H,23,25)/b22-11+/t15-,17-/m0/s1. The van der Waals surface area contributed by atoms with E-state index in [1.54, 1.807) is 25.3 Å². The molecule has 2 atom stereocenters. The van der Waals surface area contributed by atoms with E-state index in [0.29, 0.717) is 23.6 Å². The van der Waals surface area contributed by atoms with Crippen molar-refractivity contribution in [3.05, 3.63) is 59.7 Å². The molecule has 1 aliphatic rings. The smallest absolute Gasteiger partial charge is 0.253 e. The summed E-state index contributed by atoms with van der Waals surface area (Å²) in [5, 5.41) is 6.74. The fourth-order valence-electron chi connectivity index (χ4n) is 3.18. The molecule has 0 saturated carbocycles. The number of methoxy groups -OCH3 is 2. The lowest BCUT2D eigenvalue weighted by Gasteiger charge is -2.15. The molecular formula is C20H21N3O4. The maximum Gasteiger partial charge on any atom is 0.253 e. The normalized spacial score (nSPS) is 19.0. The highest BCUT2D eigenvalue weighted by Crippen LogP contribution is 2.30. The first-order valence-corrected chi connectivity index (χ1v) is 8.52. The highest BCUT2D eigenvalue weighted by molar-refractivity contribution is 6.03. The molecule has 0 spiro atoms. The fraction of sp³-hybridized carbons (Fsp3) is 0.250. The quantitative estimate of drug-likeness (QED) is 0.462. The molecule has 27 heavy (non-hydrogen) atoms. The summed E-state index contributed by atoms with van der Waals surface area (Å²) in [6.45, 7) is 0.425. The Morgan fingerprint density at radius 1 is 1.15 bits per heavy atom. The maximum atomic E-state index is 12.6. The predicted octanol–water partition coefficient (Wildman–Crippen LogP) is 1.68. The topological polar surface area (TPSA) is 89.0 Å². The predicted molar refractivity (Wildman–Crippen MR) is 101 cm³/mol. The Hall–Kier alpha value is -3.35. The van der Waals surface area contributed by atoms with Gasteiger partial charge in [-0.3, -0.25) is 9.59 Å². The van der Waals surface area contributed by atoms with E-state index in [4.69, 9.17) is 9.47 Å². The van der Waals surface area contributed by atoms with Crippen molar-refractivity contribution in [2.24, 2.45) is 11.0 Å². The Kier molecular flexibility index (Phi) is 5.71. The minimum Gasteiger partial charge on any atom is -0.493 e. The van der Waals surface area contributed by atoms with Crippen molar-refractivity contribution in [3.63, 3.8) is 0 Å². The van der Waals surface area contributed by atoms with Gasteiger partial charge >= 0.3 is 0 Å². The number of hydrogen-bond acceptors (Lipinski definition) is 5. The zero-order valence-corrected chi connectivity index (χ0v) is 15.1. The lowest BCUT2D eigenvalue weighted by Crippen LogP contribution is -2.34. The highest BCUT2D eigenvalue weighted by atomic mass is 16.5. The van der Waals surface area contributed by atoms with Gasteiger partial charge in [0.1, 0.15) is 5.92 Å². The monoisotopic (exact) mass is 367 g/mol. The molecule has 2 N–H and O–H groups in total. The van der Waals surface area contributed by atoms with Crippen molar-refractivity contribution < 1.29 is 19.1 Å². The molecule has 3 rings (SSSR count). The molecule has 2 aromatic carbocycles. The summed E-state index contributed by atoms with van der Waals surface area (Å²) in [6.07, 6.45) is 1.46. The number of rotatable bonds is 6. The maximum absolute atomic E-state index is 12.6. The second-order valence-corrected chi connectivity index (χ2v) is 6.06.